The van der Waals surface area contributed by atoms with Crippen LogP contribution in [0.2, 0.25) is 0 Å². The number of carbonyl (C=O) groups excluding carboxylic acids is 1. The van der Waals surface area contributed by atoms with Gasteiger partial charge in [0, 0.05) is 74.5 Å². The van der Waals surface area contributed by atoms with E-state index in [1.54, 1.807) is 18.6 Å². The summed E-state index contributed by atoms with van der Waals surface area (Å²) in [5.74, 6) is 0.611. The number of benzene rings is 2. The Bertz CT molecular complexity index is 1580. The average Bonchev–Trinajstić information content (AvgIpc) is 2.96. The first-order chi connectivity index (χ1) is 20.0. The van der Waals surface area contributed by atoms with Crippen molar-refractivity contribution in [2.45, 2.75) is 19.9 Å². The molecule has 1 fully saturated rings. The molecule has 0 radical (unpaired) electrons. The van der Waals surface area contributed by atoms with E-state index in [2.05, 4.69) is 49.2 Å². The molecule has 2 N–H and O–H groups in total. The Kier molecular flexibility index (Phi) is 10.5. The molecule has 5 rings (SSSR count). The second kappa shape index (κ2) is 14.2. The second-order valence-electron chi connectivity index (χ2n) is 10.4. The van der Waals surface area contributed by atoms with E-state index in [4.69, 9.17) is 4.55 Å². The van der Waals surface area contributed by atoms with Gasteiger partial charge >= 0.3 is 0 Å². The van der Waals surface area contributed by atoms with Crippen LogP contribution < -0.4 is 5.32 Å². The highest BCUT2D eigenvalue weighted by atomic mass is 32.2. The predicted molar refractivity (Wildman–Crippen MR) is 164 cm³/mol. The zero-order chi connectivity index (χ0) is 30.1. The van der Waals surface area contributed by atoms with Crippen molar-refractivity contribution < 1.29 is 17.8 Å². The summed E-state index contributed by atoms with van der Waals surface area (Å²) in [6.07, 6.45) is 6.30. The number of aryl methyl sites for hydroxylation is 1. The number of pyridine rings is 1. The summed E-state index contributed by atoms with van der Waals surface area (Å²) in [6, 6.07) is 19.8. The first-order valence-electron chi connectivity index (χ1n) is 13.6. The van der Waals surface area contributed by atoms with Crippen LogP contribution in [0.5, 0.6) is 0 Å². The van der Waals surface area contributed by atoms with Crippen LogP contribution in [0.3, 0.4) is 0 Å². The molecule has 42 heavy (non-hydrogen) atoms. The van der Waals surface area contributed by atoms with E-state index in [9.17, 15) is 13.2 Å². The van der Waals surface area contributed by atoms with Crippen LogP contribution in [-0.4, -0.2) is 83.0 Å². The van der Waals surface area contributed by atoms with Crippen LogP contribution in [0.1, 0.15) is 27.0 Å². The molecule has 10 nitrogen and oxygen atoms in total. The minimum atomic E-state index is -3.67. The number of nitrogens with one attached hydrogen (secondary N) is 1. The Balaban J connectivity index is 0.000000748. The molecule has 2 aromatic heterocycles. The summed E-state index contributed by atoms with van der Waals surface area (Å²) in [5, 5.41) is 3.32. The monoisotopic (exact) mass is 588 g/mol. The Morgan fingerprint density at radius 2 is 1.67 bits per heavy atom. The maximum atomic E-state index is 13.0. The third kappa shape index (κ3) is 9.81. The second-order valence-corrected chi connectivity index (χ2v) is 11.9. The highest BCUT2D eigenvalue weighted by molar-refractivity contribution is 7.85. The van der Waals surface area contributed by atoms with Gasteiger partial charge in [0.1, 0.15) is 0 Å². The summed E-state index contributed by atoms with van der Waals surface area (Å²) in [4.78, 5) is 31.0. The van der Waals surface area contributed by atoms with Gasteiger partial charge < -0.3 is 10.2 Å². The largest absolute Gasteiger partial charge is 0.324 e. The van der Waals surface area contributed by atoms with Gasteiger partial charge in [0.05, 0.1) is 11.9 Å². The number of likely N-dealkylation sites (N-methyl/N-ethyl adjacent to an activating group) is 1. The smallest absolute Gasteiger partial charge is 0.261 e. The maximum Gasteiger partial charge on any atom is 0.261 e. The number of ketones is 1. The molecule has 0 bridgehead atoms. The van der Waals surface area contributed by atoms with Crippen molar-refractivity contribution in [2.75, 3.05) is 44.8 Å². The third-order valence-electron chi connectivity index (χ3n) is 6.80. The number of nitrogens with zero attached hydrogens (tertiary/aromatic N) is 5. The Hall–Kier alpha value is -4.03. The average molecular weight is 589 g/mol. The van der Waals surface area contributed by atoms with E-state index < -0.39 is 10.1 Å². The number of aromatic nitrogens is 3. The topological polar surface area (TPSA) is 129 Å². The van der Waals surface area contributed by atoms with Gasteiger partial charge in [-0.2, -0.15) is 8.42 Å². The normalized spacial score (nSPS) is 14.1. The van der Waals surface area contributed by atoms with E-state index in [1.165, 1.54) is 5.56 Å². The molecule has 4 aromatic rings. The number of anilines is 2. The van der Waals surface area contributed by atoms with Crippen molar-refractivity contribution in [3.05, 3.63) is 102 Å². The predicted octanol–water partition coefficient (Wildman–Crippen LogP) is 4.27. The van der Waals surface area contributed by atoms with E-state index in [0.717, 1.165) is 66.4 Å². The first-order valence-corrected chi connectivity index (χ1v) is 15.4. The van der Waals surface area contributed by atoms with Crippen LogP contribution in [0.4, 0.5) is 11.6 Å². The molecule has 0 amide bonds. The zero-order valence-electron chi connectivity index (χ0n) is 24.1. The molecule has 0 unspecified atom stereocenters. The third-order valence-corrected chi connectivity index (χ3v) is 6.80. The lowest BCUT2D eigenvalue weighted by Crippen LogP contribution is -2.43. The van der Waals surface area contributed by atoms with Gasteiger partial charge in [0.25, 0.3) is 10.1 Å². The lowest BCUT2D eigenvalue weighted by molar-refractivity contribution is 0.0993. The standard InChI is InChI=1S/C30H32N6O.CH4O3S/c1-22-5-6-24(18-28(22)34-30-32-13-11-27(33-30)26-4-3-12-31-20-26)19-29(37)25-9-7-23(8-10-25)21-36-16-14-35(2)15-17-36;1-5(2,3)4/h3-13,18,20H,14-17,19,21H2,1-2H3,(H,32,33,34);1H3,(H,2,3,4). The van der Waals surface area contributed by atoms with Gasteiger partial charge in [-0.15, -0.1) is 0 Å². The summed E-state index contributed by atoms with van der Waals surface area (Å²) < 4.78 is 25.9. The van der Waals surface area contributed by atoms with Gasteiger partial charge in [0.2, 0.25) is 5.95 Å². The molecule has 0 atom stereocenters. The van der Waals surface area contributed by atoms with Gasteiger partial charge in [-0.05, 0) is 54.9 Å². The molecule has 0 saturated carbocycles. The first kappa shape index (κ1) is 30.9. The minimum absolute atomic E-state index is 0.107. The number of rotatable bonds is 8. The van der Waals surface area contributed by atoms with Crippen molar-refractivity contribution in [3.63, 3.8) is 0 Å². The van der Waals surface area contributed by atoms with Crippen LogP contribution in [0, 0.1) is 6.92 Å². The SMILES string of the molecule is CS(=O)(=O)O.Cc1ccc(CC(=O)c2ccc(CN3CCN(C)CC3)cc2)cc1Nc1nccc(-c2cccnc2)n1. The van der Waals surface area contributed by atoms with Crippen molar-refractivity contribution in [1.82, 2.24) is 24.8 Å². The summed E-state index contributed by atoms with van der Waals surface area (Å²) >= 11 is 0. The molecule has 0 aliphatic carbocycles. The van der Waals surface area contributed by atoms with Gasteiger partial charge in [-0.1, -0.05) is 36.4 Å². The van der Waals surface area contributed by atoms with E-state index in [-0.39, 0.29) is 5.78 Å². The van der Waals surface area contributed by atoms with Crippen molar-refractivity contribution in [2.24, 2.45) is 0 Å². The Morgan fingerprint density at radius 3 is 2.33 bits per heavy atom. The lowest BCUT2D eigenvalue weighted by Gasteiger charge is -2.32. The summed E-state index contributed by atoms with van der Waals surface area (Å²) in [7, 11) is -1.50. The number of carbonyl (C=O) groups is 1. The van der Waals surface area contributed by atoms with Crippen molar-refractivity contribution >= 4 is 27.5 Å². The summed E-state index contributed by atoms with van der Waals surface area (Å²) in [6.45, 7) is 7.33. The Morgan fingerprint density at radius 1 is 0.976 bits per heavy atom. The highest BCUT2D eigenvalue weighted by Gasteiger charge is 2.15. The molecule has 2 aromatic carbocycles. The molecule has 1 aliphatic rings. The van der Waals surface area contributed by atoms with Crippen molar-refractivity contribution in [3.8, 4) is 11.3 Å². The Labute approximate surface area is 247 Å². The summed E-state index contributed by atoms with van der Waals surface area (Å²) in [5.41, 5.74) is 6.60. The number of hydrogen-bond acceptors (Lipinski definition) is 9. The van der Waals surface area contributed by atoms with Crippen molar-refractivity contribution in [1.29, 1.82) is 0 Å². The molecule has 1 aliphatic heterocycles. The number of Topliss-reactive ketones (excluding diaryl/α,β-unsaturated/α-hetero) is 1. The van der Waals surface area contributed by atoms with Gasteiger partial charge in [-0.3, -0.25) is 19.2 Å². The van der Waals surface area contributed by atoms with Gasteiger partial charge in [-0.25, -0.2) is 9.97 Å². The quantitative estimate of drug-likeness (QED) is 0.227. The highest BCUT2D eigenvalue weighted by Crippen LogP contribution is 2.23. The fraction of sp³-hybridized carbons (Fsp3) is 0.290. The van der Waals surface area contributed by atoms with Crippen LogP contribution in [0.25, 0.3) is 11.3 Å². The number of piperazine rings is 1. The van der Waals surface area contributed by atoms with Gasteiger partial charge in [0.15, 0.2) is 5.78 Å². The molecular weight excluding hydrogens is 552 g/mol. The molecule has 220 valence electrons. The van der Waals surface area contributed by atoms with Crippen LogP contribution in [0.15, 0.2) is 79.3 Å². The van der Waals surface area contributed by atoms with E-state index >= 15 is 0 Å². The molecule has 0 spiro atoms. The molecular formula is C31H36N6O4S. The maximum absolute atomic E-state index is 13.0. The van der Waals surface area contributed by atoms with Crippen LogP contribution in [-0.2, 0) is 23.1 Å². The minimum Gasteiger partial charge on any atom is -0.324 e. The van der Waals surface area contributed by atoms with E-state index in [1.807, 2.05) is 55.5 Å². The van der Waals surface area contributed by atoms with Crippen LogP contribution >= 0.6 is 0 Å². The molecule has 3 heterocycles. The molecule has 1 saturated heterocycles. The fourth-order valence-electron chi connectivity index (χ4n) is 4.48. The molecule has 11 heteroatoms. The lowest BCUT2D eigenvalue weighted by atomic mass is 10.00. The zero-order valence-corrected chi connectivity index (χ0v) is 24.9. The van der Waals surface area contributed by atoms with E-state index in [0.29, 0.717) is 18.6 Å². The fourth-order valence-corrected chi connectivity index (χ4v) is 4.48. The number of hydrogen-bond donors (Lipinski definition) is 2.